The van der Waals surface area contributed by atoms with Gasteiger partial charge in [-0.3, -0.25) is 9.59 Å². The van der Waals surface area contributed by atoms with Crippen LogP contribution in [0.15, 0.2) is 0 Å². The molecule has 5 heteroatoms. The first kappa shape index (κ1) is 22.9. The van der Waals surface area contributed by atoms with Gasteiger partial charge in [0, 0.05) is 12.5 Å². The second-order valence-corrected chi connectivity index (χ2v) is 9.80. The zero-order chi connectivity index (χ0) is 21.1. The predicted molar refractivity (Wildman–Crippen MR) is 110 cm³/mol. The van der Waals surface area contributed by atoms with Crippen molar-refractivity contribution in [3.8, 4) is 0 Å². The fourth-order valence-corrected chi connectivity index (χ4v) is 7.11. The lowest BCUT2D eigenvalue weighted by atomic mass is 9.47. The van der Waals surface area contributed by atoms with Crippen molar-refractivity contribution in [3.63, 3.8) is 0 Å². The number of nitrogens with one attached hydrogen (secondary N) is 1. The van der Waals surface area contributed by atoms with Crippen molar-refractivity contribution >= 4 is 18.7 Å². The first-order valence-electron chi connectivity index (χ1n) is 11.1. The Labute approximate surface area is 170 Å². The van der Waals surface area contributed by atoms with Gasteiger partial charge in [0.15, 0.2) is 0 Å². The molecule has 0 radical (unpaired) electrons. The van der Waals surface area contributed by atoms with E-state index in [9.17, 15) is 14.7 Å². The minimum Gasteiger partial charge on any atom is -0.481 e. The van der Waals surface area contributed by atoms with Crippen LogP contribution in [0.25, 0.3) is 0 Å². The zero-order valence-corrected chi connectivity index (χ0v) is 18.1. The quantitative estimate of drug-likeness (QED) is 0.690. The molecule has 0 spiro atoms. The third kappa shape index (κ3) is 3.73. The van der Waals surface area contributed by atoms with Gasteiger partial charge in [-0.25, -0.2) is 0 Å². The molecular formula is C23H39NO4. The van der Waals surface area contributed by atoms with Gasteiger partial charge >= 0.3 is 5.97 Å². The van der Waals surface area contributed by atoms with Gasteiger partial charge in [0.2, 0.25) is 5.91 Å². The van der Waals surface area contributed by atoms with E-state index in [2.05, 4.69) is 33.0 Å². The van der Waals surface area contributed by atoms with Crippen molar-refractivity contribution in [1.29, 1.82) is 0 Å². The fraction of sp³-hybridized carbons (Fsp3) is 0.870. The first-order valence-corrected chi connectivity index (χ1v) is 11.1. The van der Waals surface area contributed by atoms with Crippen molar-refractivity contribution in [3.05, 3.63) is 0 Å². The molecule has 4 aliphatic rings. The Morgan fingerprint density at radius 2 is 1.64 bits per heavy atom. The molecular weight excluding hydrogens is 354 g/mol. The van der Waals surface area contributed by atoms with Gasteiger partial charge in [-0.1, -0.05) is 34.1 Å². The molecule has 2 N–H and O–H groups in total. The van der Waals surface area contributed by atoms with Crippen LogP contribution in [0, 0.1) is 34.5 Å². The number of aliphatic carboxylic acids is 1. The lowest BCUT2D eigenvalue weighted by Gasteiger charge is -2.60. The number of amides is 1. The van der Waals surface area contributed by atoms with Gasteiger partial charge in [-0.05, 0) is 73.5 Å². The fourth-order valence-electron chi connectivity index (χ4n) is 7.11. The number of hydrogen-bond acceptors (Lipinski definition) is 3. The number of fused-ring (bicyclic) bond motifs is 5. The number of carbonyl (C=O) groups excluding carboxylic acids is 2. The highest BCUT2D eigenvalue weighted by Gasteiger charge is 2.61. The molecule has 4 rings (SSSR count). The molecule has 160 valence electrons. The predicted octanol–water partition coefficient (Wildman–Crippen LogP) is 4.44. The smallest absolute Gasteiger partial charge is 0.307 e. The summed E-state index contributed by atoms with van der Waals surface area (Å²) in [5, 5.41) is 12.9. The van der Waals surface area contributed by atoms with E-state index in [0.29, 0.717) is 30.2 Å². The van der Waals surface area contributed by atoms with E-state index in [4.69, 9.17) is 4.79 Å². The van der Waals surface area contributed by atoms with Crippen LogP contribution < -0.4 is 5.32 Å². The molecule has 1 saturated heterocycles. The van der Waals surface area contributed by atoms with E-state index in [1.165, 1.54) is 6.42 Å². The lowest BCUT2D eigenvalue weighted by Crippen LogP contribution is -2.61. The van der Waals surface area contributed by atoms with Crippen molar-refractivity contribution in [2.75, 3.05) is 0 Å². The Hall–Kier alpha value is -1.39. The number of carboxylic acids is 1. The average Bonchev–Trinajstić information content (AvgIpc) is 3.02. The van der Waals surface area contributed by atoms with Crippen molar-refractivity contribution < 1.29 is 19.5 Å². The zero-order valence-electron chi connectivity index (χ0n) is 18.1. The van der Waals surface area contributed by atoms with Crippen LogP contribution in [-0.4, -0.2) is 29.8 Å². The number of rotatable bonds is 1. The van der Waals surface area contributed by atoms with E-state index in [1.807, 2.05) is 6.79 Å². The van der Waals surface area contributed by atoms with Gasteiger partial charge < -0.3 is 15.2 Å². The highest BCUT2D eigenvalue weighted by Crippen LogP contribution is 2.65. The summed E-state index contributed by atoms with van der Waals surface area (Å²) >= 11 is 0. The van der Waals surface area contributed by atoms with Crippen LogP contribution in [0.4, 0.5) is 0 Å². The van der Waals surface area contributed by atoms with Gasteiger partial charge in [0.1, 0.15) is 6.79 Å². The monoisotopic (exact) mass is 393 g/mol. The highest BCUT2D eigenvalue weighted by atomic mass is 16.4. The molecule has 1 heterocycles. The maximum absolute atomic E-state index is 11.8. The Morgan fingerprint density at radius 3 is 2.25 bits per heavy atom. The lowest BCUT2D eigenvalue weighted by molar-refractivity contribution is -0.152. The van der Waals surface area contributed by atoms with E-state index < -0.39 is 5.97 Å². The Bertz CT molecular complexity index is 579. The summed E-state index contributed by atoms with van der Waals surface area (Å²) in [5.41, 5.74) is 0.216. The Kier molecular flexibility index (Phi) is 7.33. The number of hydrogen-bond donors (Lipinski definition) is 2. The molecule has 0 aromatic carbocycles. The molecule has 3 saturated carbocycles. The standard InChI is InChI=1S/C19H29NO3.C3H8.CH2O/c1-18-9-7-13-11(12(18)4-5-14(18)17(22)23)3-6-15-19(13,2)10-8-16(21)20-15;1-3-2;1-2/h11-15H,3-10H2,1-2H3,(H,20,21)(H,22,23);3H2,1-2H3;1H2. The van der Waals surface area contributed by atoms with Crippen LogP contribution in [0.5, 0.6) is 0 Å². The molecule has 1 aliphatic heterocycles. The minimum atomic E-state index is -0.585. The van der Waals surface area contributed by atoms with E-state index >= 15 is 0 Å². The molecule has 0 aromatic rings. The third-order valence-electron chi connectivity index (χ3n) is 8.39. The molecule has 28 heavy (non-hydrogen) atoms. The molecule has 0 bridgehead atoms. The van der Waals surface area contributed by atoms with Crippen LogP contribution in [0.3, 0.4) is 0 Å². The van der Waals surface area contributed by atoms with Crippen LogP contribution in [0.1, 0.15) is 85.5 Å². The van der Waals surface area contributed by atoms with Gasteiger partial charge in [0.25, 0.3) is 0 Å². The first-order chi connectivity index (χ1) is 13.3. The van der Waals surface area contributed by atoms with Crippen LogP contribution >= 0.6 is 0 Å². The summed E-state index contributed by atoms with van der Waals surface area (Å²) in [6.07, 6.45) is 9.30. The molecule has 1 amide bonds. The van der Waals surface area contributed by atoms with Gasteiger partial charge in [0.05, 0.1) is 5.92 Å². The minimum absolute atomic E-state index is 0.00584. The van der Waals surface area contributed by atoms with Gasteiger partial charge in [-0.2, -0.15) is 0 Å². The summed E-state index contributed by atoms with van der Waals surface area (Å²) in [6, 6.07) is 0.339. The second-order valence-electron chi connectivity index (χ2n) is 9.80. The van der Waals surface area contributed by atoms with Crippen LogP contribution in [0.2, 0.25) is 0 Å². The van der Waals surface area contributed by atoms with E-state index in [0.717, 1.165) is 44.9 Å². The maximum atomic E-state index is 11.8. The number of piperidine rings is 1. The molecule has 5 nitrogen and oxygen atoms in total. The highest BCUT2D eigenvalue weighted by molar-refractivity contribution is 5.77. The molecule has 3 aliphatic carbocycles. The SMILES string of the molecule is C=O.CC12CCC(=O)NC1CCC1C2CCC2(C)C(C(=O)O)CCC12.CCC. The number of carboxylic acid groups (broad SMARTS) is 1. The van der Waals surface area contributed by atoms with Crippen molar-refractivity contribution in [1.82, 2.24) is 5.32 Å². The Morgan fingerprint density at radius 1 is 1.04 bits per heavy atom. The van der Waals surface area contributed by atoms with Crippen LogP contribution in [-0.2, 0) is 14.4 Å². The summed E-state index contributed by atoms with van der Waals surface area (Å²) in [6.45, 7) is 10.9. The molecule has 4 fully saturated rings. The summed E-state index contributed by atoms with van der Waals surface area (Å²) < 4.78 is 0. The number of carbonyl (C=O) groups is 3. The molecule has 7 atom stereocenters. The van der Waals surface area contributed by atoms with Crippen molar-refractivity contribution in [2.45, 2.75) is 91.5 Å². The normalized spacial score (nSPS) is 43.6. The average molecular weight is 394 g/mol. The second kappa shape index (κ2) is 8.96. The van der Waals surface area contributed by atoms with Gasteiger partial charge in [-0.15, -0.1) is 0 Å². The summed E-state index contributed by atoms with van der Waals surface area (Å²) in [5.74, 6) is 1.38. The van der Waals surface area contributed by atoms with E-state index in [1.54, 1.807) is 0 Å². The summed E-state index contributed by atoms with van der Waals surface area (Å²) in [7, 11) is 0. The molecule has 7 unspecified atom stereocenters. The topological polar surface area (TPSA) is 83.5 Å². The third-order valence-corrected chi connectivity index (χ3v) is 8.39. The van der Waals surface area contributed by atoms with E-state index in [-0.39, 0.29) is 22.7 Å². The Balaban J connectivity index is 0.000000514. The largest absolute Gasteiger partial charge is 0.481 e. The summed E-state index contributed by atoms with van der Waals surface area (Å²) in [4.78, 5) is 31.5. The maximum Gasteiger partial charge on any atom is 0.307 e. The van der Waals surface area contributed by atoms with Crippen molar-refractivity contribution in [2.24, 2.45) is 34.5 Å². The molecule has 0 aromatic heterocycles.